The van der Waals surface area contributed by atoms with Gasteiger partial charge in [0.25, 0.3) is 6.47 Å². The molecule has 1 saturated carbocycles. The zero-order valence-corrected chi connectivity index (χ0v) is 6.86. The van der Waals surface area contributed by atoms with Gasteiger partial charge in [0.1, 0.15) is 6.10 Å². The Morgan fingerprint density at radius 1 is 1.60 bits per heavy atom. The predicted molar refractivity (Wildman–Crippen MR) is 39.4 cm³/mol. The van der Waals surface area contributed by atoms with Crippen molar-refractivity contribution < 1.29 is 9.53 Å². The van der Waals surface area contributed by atoms with E-state index in [2.05, 4.69) is 0 Å². The van der Waals surface area contributed by atoms with Gasteiger partial charge in [-0.05, 0) is 6.42 Å². The first kappa shape index (κ1) is 8.15. The summed E-state index contributed by atoms with van der Waals surface area (Å²) in [5.41, 5.74) is -0.121. The Bertz CT molecular complexity index is 134. The van der Waals surface area contributed by atoms with Gasteiger partial charge in [-0.1, -0.05) is 0 Å². The second-order valence-corrected chi connectivity index (χ2v) is 3.09. The van der Waals surface area contributed by atoms with Crippen molar-refractivity contribution in [1.82, 2.24) is 0 Å². The van der Waals surface area contributed by atoms with Crippen LogP contribution in [-0.4, -0.2) is 24.3 Å². The van der Waals surface area contributed by atoms with E-state index in [0.29, 0.717) is 18.2 Å². The summed E-state index contributed by atoms with van der Waals surface area (Å²) in [4.78, 5) is 9.87. The normalized spacial score (nSPS) is 27.6. The van der Waals surface area contributed by atoms with Crippen LogP contribution in [0.1, 0.15) is 6.42 Å². The molecule has 1 aliphatic rings. The first-order valence-electron chi connectivity index (χ1n) is 3.00. The molecule has 2 nitrogen and oxygen atoms in total. The van der Waals surface area contributed by atoms with Crippen LogP contribution in [0.25, 0.3) is 0 Å². The Morgan fingerprint density at radius 2 is 2.20 bits per heavy atom. The SMILES string of the molecule is O=COC1CC1(CCl)CCl. The van der Waals surface area contributed by atoms with Crippen molar-refractivity contribution in [2.24, 2.45) is 5.41 Å². The molecule has 58 valence electrons. The van der Waals surface area contributed by atoms with Crippen LogP contribution < -0.4 is 0 Å². The van der Waals surface area contributed by atoms with E-state index >= 15 is 0 Å². The molecule has 10 heavy (non-hydrogen) atoms. The third kappa shape index (κ3) is 1.23. The number of hydrogen-bond donors (Lipinski definition) is 0. The van der Waals surface area contributed by atoms with Crippen LogP contribution in [0, 0.1) is 5.41 Å². The largest absolute Gasteiger partial charge is 0.464 e. The molecule has 0 aliphatic heterocycles. The smallest absolute Gasteiger partial charge is 0.293 e. The van der Waals surface area contributed by atoms with E-state index in [1.807, 2.05) is 0 Å². The fraction of sp³-hybridized carbons (Fsp3) is 0.833. The molecular formula is C6H8Cl2O2. The number of carbonyl (C=O) groups is 1. The molecule has 1 fully saturated rings. The number of carbonyl (C=O) groups excluding carboxylic acids is 1. The van der Waals surface area contributed by atoms with Crippen LogP contribution >= 0.6 is 23.2 Å². The molecular weight excluding hydrogens is 175 g/mol. The van der Waals surface area contributed by atoms with E-state index in [4.69, 9.17) is 27.9 Å². The molecule has 0 spiro atoms. The lowest BCUT2D eigenvalue weighted by atomic mass is 10.2. The molecule has 0 bridgehead atoms. The molecule has 1 aliphatic carbocycles. The number of halogens is 2. The Balaban J connectivity index is 2.36. The summed E-state index contributed by atoms with van der Waals surface area (Å²) in [5.74, 6) is 0.935. The summed E-state index contributed by atoms with van der Waals surface area (Å²) in [6, 6.07) is 0. The Hall–Kier alpha value is 0.0500. The highest BCUT2D eigenvalue weighted by molar-refractivity contribution is 6.21. The summed E-state index contributed by atoms with van der Waals surface area (Å²) in [6.07, 6.45) is 0.763. The molecule has 0 saturated heterocycles. The van der Waals surface area contributed by atoms with Crippen LogP contribution in [0.15, 0.2) is 0 Å². The van der Waals surface area contributed by atoms with Gasteiger partial charge in [-0.15, -0.1) is 23.2 Å². The first-order chi connectivity index (χ1) is 4.79. The van der Waals surface area contributed by atoms with Crippen molar-refractivity contribution >= 4 is 29.7 Å². The van der Waals surface area contributed by atoms with E-state index in [1.54, 1.807) is 0 Å². The number of hydrogen-bond acceptors (Lipinski definition) is 2. The van der Waals surface area contributed by atoms with Crippen LogP contribution in [0.5, 0.6) is 0 Å². The molecule has 0 radical (unpaired) electrons. The summed E-state index contributed by atoms with van der Waals surface area (Å²) >= 11 is 11.2. The van der Waals surface area contributed by atoms with Gasteiger partial charge < -0.3 is 4.74 Å². The van der Waals surface area contributed by atoms with Crippen molar-refractivity contribution in [3.05, 3.63) is 0 Å². The van der Waals surface area contributed by atoms with Gasteiger partial charge in [0.15, 0.2) is 0 Å². The quantitative estimate of drug-likeness (QED) is 0.486. The summed E-state index contributed by atoms with van der Waals surface area (Å²) in [5, 5.41) is 0. The van der Waals surface area contributed by atoms with Gasteiger partial charge in [0.05, 0.1) is 0 Å². The number of rotatable bonds is 4. The third-order valence-corrected chi connectivity index (χ3v) is 2.93. The van der Waals surface area contributed by atoms with Crippen molar-refractivity contribution in [2.75, 3.05) is 11.8 Å². The van der Waals surface area contributed by atoms with Gasteiger partial charge in [0, 0.05) is 17.2 Å². The molecule has 4 heteroatoms. The van der Waals surface area contributed by atoms with Crippen LogP contribution in [-0.2, 0) is 9.53 Å². The van der Waals surface area contributed by atoms with Crippen molar-refractivity contribution in [2.45, 2.75) is 12.5 Å². The summed E-state index contributed by atoms with van der Waals surface area (Å²) in [7, 11) is 0. The molecule has 0 aromatic carbocycles. The second-order valence-electron chi connectivity index (χ2n) is 2.55. The predicted octanol–water partition coefficient (Wildman–Crippen LogP) is 1.40. The van der Waals surface area contributed by atoms with Crippen LogP contribution in [0.4, 0.5) is 0 Å². The highest BCUT2D eigenvalue weighted by Gasteiger charge is 2.55. The summed E-state index contributed by atoms with van der Waals surface area (Å²) in [6.45, 7) is 0.450. The highest BCUT2D eigenvalue weighted by atomic mass is 35.5. The Labute approximate surface area is 69.4 Å². The Kier molecular flexibility index (Phi) is 2.42. The van der Waals surface area contributed by atoms with E-state index in [1.165, 1.54) is 0 Å². The fourth-order valence-electron chi connectivity index (χ4n) is 0.887. The molecule has 0 heterocycles. The van der Waals surface area contributed by atoms with Crippen molar-refractivity contribution in [3.63, 3.8) is 0 Å². The topological polar surface area (TPSA) is 26.3 Å². The van der Waals surface area contributed by atoms with Gasteiger partial charge in [-0.3, -0.25) is 4.79 Å². The Morgan fingerprint density at radius 3 is 2.50 bits per heavy atom. The third-order valence-electron chi connectivity index (χ3n) is 1.87. The lowest BCUT2D eigenvalue weighted by Crippen LogP contribution is -2.12. The van der Waals surface area contributed by atoms with E-state index < -0.39 is 0 Å². The molecule has 0 N–H and O–H groups in total. The first-order valence-corrected chi connectivity index (χ1v) is 4.07. The van der Waals surface area contributed by atoms with Gasteiger partial charge >= 0.3 is 0 Å². The molecule has 0 aromatic rings. The minimum atomic E-state index is -0.121. The zero-order chi connectivity index (χ0) is 7.61. The maximum Gasteiger partial charge on any atom is 0.293 e. The average molecular weight is 183 g/mol. The summed E-state index contributed by atoms with van der Waals surface area (Å²) < 4.78 is 4.70. The molecule has 1 rings (SSSR count). The fourth-order valence-corrected chi connectivity index (χ4v) is 1.73. The molecule has 1 atom stereocenters. The minimum Gasteiger partial charge on any atom is -0.464 e. The second kappa shape index (κ2) is 2.97. The van der Waals surface area contributed by atoms with Crippen molar-refractivity contribution in [3.8, 4) is 0 Å². The van der Waals surface area contributed by atoms with Gasteiger partial charge in [0.2, 0.25) is 0 Å². The molecule has 0 aromatic heterocycles. The van der Waals surface area contributed by atoms with E-state index in [0.717, 1.165) is 6.42 Å². The van der Waals surface area contributed by atoms with Gasteiger partial charge in [-0.25, -0.2) is 0 Å². The lowest BCUT2D eigenvalue weighted by Gasteiger charge is -2.06. The molecule has 1 unspecified atom stereocenters. The molecule has 0 amide bonds. The zero-order valence-electron chi connectivity index (χ0n) is 5.35. The minimum absolute atomic E-state index is 0.0417. The number of alkyl halides is 2. The standard InChI is InChI=1S/C6H8Cl2O2/c7-2-6(3-8)1-5(6)10-4-9/h4-5H,1-3H2. The maximum atomic E-state index is 9.87. The monoisotopic (exact) mass is 182 g/mol. The van der Waals surface area contributed by atoms with E-state index in [-0.39, 0.29) is 11.5 Å². The van der Waals surface area contributed by atoms with E-state index in [9.17, 15) is 4.79 Å². The number of ether oxygens (including phenoxy) is 1. The average Bonchev–Trinajstić information content (AvgIpc) is 2.65. The maximum absolute atomic E-state index is 9.87. The van der Waals surface area contributed by atoms with Crippen LogP contribution in [0.3, 0.4) is 0 Å². The van der Waals surface area contributed by atoms with Crippen LogP contribution in [0.2, 0.25) is 0 Å². The lowest BCUT2D eigenvalue weighted by molar-refractivity contribution is -0.130. The van der Waals surface area contributed by atoms with Crippen molar-refractivity contribution in [1.29, 1.82) is 0 Å². The highest BCUT2D eigenvalue weighted by Crippen LogP contribution is 2.49. The van der Waals surface area contributed by atoms with Gasteiger partial charge in [-0.2, -0.15) is 0 Å².